The number of nitrogens with two attached hydrogens (primary N) is 1. The van der Waals surface area contributed by atoms with Gasteiger partial charge in [0.15, 0.2) is 0 Å². The molecule has 0 aliphatic carbocycles. The molecule has 0 aromatic carbocycles. The second-order valence-electron chi connectivity index (χ2n) is 5.31. The molecule has 1 fully saturated rings. The van der Waals surface area contributed by atoms with Crippen LogP contribution in [0.1, 0.15) is 58.3 Å². The van der Waals surface area contributed by atoms with Crippen LogP contribution in [0.15, 0.2) is 0 Å². The van der Waals surface area contributed by atoms with Gasteiger partial charge in [-0.1, -0.05) is 32.6 Å². The number of nitrogens with one attached hydrogen (secondary N) is 1. The van der Waals surface area contributed by atoms with Crippen LogP contribution in [0.3, 0.4) is 0 Å². The fourth-order valence-corrected chi connectivity index (χ4v) is 2.39. The molecule has 1 aliphatic rings. The first-order valence-electron chi connectivity index (χ1n) is 7.31. The van der Waals surface area contributed by atoms with E-state index in [4.69, 9.17) is 10.5 Å². The molecule has 0 radical (unpaired) electrons. The summed E-state index contributed by atoms with van der Waals surface area (Å²) in [6.45, 7) is 4.11. The van der Waals surface area contributed by atoms with Gasteiger partial charge in [-0.15, -0.1) is 0 Å². The number of hydrogen-bond acceptors (Lipinski definition) is 3. The van der Waals surface area contributed by atoms with E-state index in [9.17, 15) is 4.79 Å². The van der Waals surface area contributed by atoms with E-state index in [1.165, 1.54) is 19.3 Å². The minimum atomic E-state index is -0.210. The van der Waals surface area contributed by atoms with Gasteiger partial charge in [0.2, 0.25) is 5.91 Å². The van der Waals surface area contributed by atoms with Crippen molar-refractivity contribution in [1.82, 2.24) is 5.32 Å². The number of unbranched alkanes of at least 4 members (excludes halogenated alkanes) is 4. The van der Waals surface area contributed by atoms with Crippen molar-refractivity contribution in [2.45, 2.75) is 63.8 Å². The van der Waals surface area contributed by atoms with Crippen LogP contribution in [0.4, 0.5) is 0 Å². The zero-order valence-corrected chi connectivity index (χ0v) is 11.7. The number of hydrogen-bond donors (Lipinski definition) is 2. The molecule has 1 aliphatic heterocycles. The summed E-state index contributed by atoms with van der Waals surface area (Å²) in [6, 6.07) is 0. The summed E-state index contributed by atoms with van der Waals surface area (Å²) < 4.78 is 5.33. The van der Waals surface area contributed by atoms with Gasteiger partial charge in [-0.2, -0.15) is 0 Å². The van der Waals surface area contributed by atoms with Gasteiger partial charge in [0, 0.05) is 26.2 Å². The Bertz CT molecular complexity index is 238. The summed E-state index contributed by atoms with van der Waals surface area (Å²) in [6.07, 6.45) is 8.19. The van der Waals surface area contributed by atoms with Gasteiger partial charge in [0.1, 0.15) is 0 Å². The maximum absolute atomic E-state index is 11.9. The molecule has 106 valence electrons. The monoisotopic (exact) mass is 256 g/mol. The first kappa shape index (κ1) is 15.4. The highest BCUT2D eigenvalue weighted by molar-refractivity contribution is 5.76. The maximum atomic E-state index is 11.9. The molecule has 0 saturated carbocycles. The van der Waals surface area contributed by atoms with Gasteiger partial charge in [-0.25, -0.2) is 0 Å². The van der Waals surface area contributed by atoms with Gasteiger partial charge in [-0.05, 0) is 19.3 Å². The molecule has 4 nitrogen and oxygen atoms in total. The molecular weight excluding hydrogens is 228 g/mol. The zero-order valence-electron chi connectivity index (χ0n) is 11.7. The van der Waals surface area contributed by atoms with Crippen LogP contribution >= 0.6 is 0 Å². The summed E-state index contributed by atoms with van der Waals surface area (Å²) in [5.74, 6) is 0.152. The molecule has 18 heavy (non-hydrogen) atoms. The highest BCUT2D eigenvalue weighted by Gasteiger charge is 2.32. The average molecular weight is 256 g/mol. The first-order valence-corrected chi connectivity index (χ1v) is 7.31. The fourth-order valence-electron chi connectivity index (χ4n) is 2.39. The van der Waals surface area contributed by atoms with Gasteiger partial charge in [-0.3, -0.25) is 4.79 Å². The molecule has 0 aromatic heterocycles. The third kappa shape index (κ3) is 5.36. The van der Waals surface area contributed by atoms with E-state index >= 15 is 0 Å². The van der Waals surface area contributed by atoms with Crippen molar-refractivity contribution >= 4 is 5.91 Å². The molecule has 0 aromatic rings. The Morgan fingerprint density at radius 1 is 1.22 bits per heavy atom. The van der Waals surface area contributed by atoms with Crippen LogP contribution in [0.2, 0.25) is 0 Å². The summed E-state index contributed by atoms with van der Waals surface area (Å²) in [5.41, 5.74) is 5.60. The summed E-state index contributed by atoms with van der Waals surface area (Å²) in [4.78, 5) is 11.9. The standard InChI is InChI=1S/C14H28N2O2/c1-2-3-4-5-6-7-13(17)16-14(12-15)8-10-18-11-9-14/h2-12,15H2,1H3,(H,16,17). The number of amides is 1. The summed E-state index contributed by atoms with van der Waals surface area (Å²) in [5, 5.41) is 3.13. The van der Waals surface area contributed by atoms with Crippen molar-refractivity contribution in [3.8, 4) is 0 Å². The second kappa shape index (κ2) is 8.48. The SMILES string of the molecule is CCCCCCCC(=O)NC1(CN)CCOCC1. The molecule has 0 atom stereocenters. The van der Waals surface area contributed by atoms with Gasteiger partial charge in [0.25, 0.3) is 0 Å². The Labute approximate surface area is 111 Å². The lowest BCUT2D eigenvalue weighted by molar-refractivity contribution is -0.124. The Kier molecular flexibility index (Phi) is 7.28. The van der Waals surface area contributed by atoms with Crippen LogP contribution in [0, 0.1) is 0 Å². The summed E-state index contributed by atoms with van der Waals surface area (Å²) >= 11 is 0. The van der Waals surface area contributed by atoms with Crippen LogP contribution in [-0.2, 0) is 9.53 Å². The van der Waals surface area contributed by atoms with Crippen LogP contribution in [0.5, 0.6) is 0 Å². The predicted molar refractivity (Wildman–Crippen MR) is 73.4 cm³/mol. The van der Waals surface area contributed by atoms with Gasteiger partial charge < -0.3 is 15.8 Å². The molecule has 1 rings (SSSR count). The van der Waals surface area contributed by atoms with Crippen molar-refractivity contribution in [2.75, 3.05) is 19.8 Å². The molecule has 1 amide bonds. The first-order chi connectivity index (χ1) is 8.72. The zero-order chi connectivity index (χ0) is 13.3. The largest absolute Gasteiger partial charge is 0.381 e. The van der Waals surface area contributed by atoms with E-state index < -0.39 is 0 Å². The van der Waals surface area contributed by atoms with Crippen molar-refractivity contribution in [1.29, 1.82) is 0 Å². The third-order valence-electron chi connectivity index (χ3n) is 3.75. The fraction of sp³-hybridized carbons (Fsp3) is 0.929. The van der Waals surface area contributed by atoms with Crippen LogP contribution < -0.4 is 11.1 Å². The predicted octanol–water partition coefficient (Wildman–Crippen LogP) is 1.97. The molecule has 0 unspecified atom stereocenters. The minimum Gasteiger partial charge on any atom is -0.381 e. The van der Waals surface area contributed by atoms with Crippen molar-refractivity contribution in [3.63, 3.8) is 0 Å². The highest BCUT2D eigenvalue weighted by Crippen LogP contribution is 2.19. The van der Waals surface area contributed by atoms with Gasteiger partial charge in [0.05, 0.1) is 5.54 Å². The molecule has 0 bridgehead atoms. The Morgan fingerprint density at radius 3 is 2.50 bits per heavy atom. The van der Waals surface area contributed by atoms with E-state index in [0.717, 1.165) is 25.7 Å². The number of carbonyl (C=O) groups excluding carboxylic acids is 1. The highest BCUT2D eigenvalue weighted by atomic mass is 16.5. The topological polar surface area (TPSA) is 64.4 Å². The molecule has 4 heteroatoms. The second-order valence-corrected chi connectivity index (χ2v) is 5.31. The normalized spacial score (nSPS) is 18.6. The Balaban J connectivity index is 2.20. The van der Waals surface area contributed by atoms with Crippen molar-refractivity contribution in [3.05, 3.63) is 0 Å². The van der Waals surface area contributed by atoms with Crippen LogP contribution in [-0.4, -0.2) is 31.2 Å². The molecule has 3 N–H and O–H groups in total. The smallest absolute Gasteiger partial charge is 0.220 e. The Morgan fingerprint density at radius 2 is 1.89 bits per heavy atom. The number of carbonyl (C=O) groups is 1. The van der Waals surface area contributed by atoms with Crippen LogP contribution in [0.25, 0.3) is 0 Å². The van der Waals surface area contributed by atoms with Gasteiger partial charge >= 0.3 is 0 Å². The lowest BCUT2D eigenvalue weighted by atomic mass is 9.90. The van der Waals surface area contributed by atoms with Crippen molar-refractivity contribution < 1.29 is 9.53 Å². The number of ether oxygens (including phenoxy) is 1. The number of rotatable bonds is 8. The molecule has 0 spiro atoms. The Hall–Kier alpha value is -0.610. The van der Waals surface area contributed by atoms with E-state index in [-0.39, 0.29) is 11.4 Å². The lowest BCUT2D eigenvalue weighted by Gasteiger charge is -2.37. The molecular formula is C14H28N2O2. The van der Waals surface area contributed by atoms with E-state index in [2.05, 4.69) is 12.2 Å². The average Bonchev–Trinajstić information content (AvgIpc) is 2.39. The minimum absolute atomic E-state index is 0.152. The molecule has 1 heterocycles. The van der Waals surface area contributed by atoms with E-state index in [1.54, 1.807) is 0 Å². The molecule has 1 saturated heterocycles. The third-order valence-corrected chi connectivity index (χ3v) is 3.75. The summed E-state index contributed by atoms with van der Waals surface area (Å²) in [7, 11) is 0. The quantitative estimate of drug-likeness (QED) is 0.653. The van der Waals surface area contributed by atoms with E-state index in [1.807, 2.05) is 0 Å². The lowest BCUT2D eigenvalue weighted by Crippen LogP contribution is -2.56. The maximum Gasteiger partial charge on any atom is 0.220 e. The van der Waals surface area contributed by atoms with Crippen molar-refractivity contribution in [2.24, 2.45) is 5.73 Å². The van der Waals surface area contributed by atoms with E-state index in [0.29, 0.717) is 26.2 Å².